The summed E-state index contributed by atoms with van der Waals surface area (Å²) < 4.78 is 2.01. The second-order valence-electron chi connectivity index (χ2n) is 5.48. The first-order valence-electron chi connectivity index (χ1n) is 6.85. The first-order valence-corrected chi connectivity index (χ1v) is 6.85. The molecule has 1 unspecified atom stereocenters. The molecule has 2 amide bonds. The molecule has 0 radical (unpaired) electrons. The maximum absolute atomic E-state index is 11.7. The Bertz CT molecular complexity index is 491. The number of carbonyl (C=O) groups excluding carboxylic acids is 2. The summed E-state index contributed by atoms with van der Waals surface area (Å²) in [6.07, 6.45) is 3.92. The highest BCUT2D eigenvalue weighted by molar-refractivity contribution is 6.35. The van der Waals surface area contributed by atoms with Crippen molar-refractivity contribution in [2.75, 3.05) is 20.6 Å². The summed E-state index contributed by atoms with van der Waals surface area (Å²) >= 11 is 0. The molecule has 1 heterocycles. The number of hydrogen-bond donors (Lipinski definition) is 2. The number of rotatable bonds is 5. The Morgan fingerprint density at radius 2 is 2.10 bits per heavy atom. The van der Waals surface area contributed by atoms with Crippen LogP contribution < -0.4 is 10.6 Å². The van der Waals surface area contributed by atoms with E-state index in [1.807, 2.05) is 48.9 Å². The number of hydrogen-bond acceptors (Lipinski definition) is 3. The third-order valence-corrected chi connectivity index (χ3v) is 3.52. The molecule has 1 aromatic heterocycles. The minimum absolute atomic E-state index is 0.0349. The molecule has 2 rings (SSSR count). The summed E-state index contributed by atoms with van der Waals surface area (Å²) in [5, 5.41) is 5.39. The topological polar surface area (TPSA) is 66.4 Å². The van der Waals surface area contributed by atoms with Gasteiger partial charge in [-0.1, -0.05) is 0 Å². The van der Waals surface area contributed by atoms with Crippen LogP contribution >= 0.6 is 0 Å². The van der Waals surface area contributed by atoms with Crippen molar-refractivity contribution in [3.8, 4) is 0 Å². The lowest BCUT2D eigenvalue weighted by Gasteiger charge is -2.25. The molecule has 0 aromatic carbocycles. The van der Waals surface area contributed by atoms with Gasteiger partial charge in [-0.25, -0.2) is 0 Å². The van der Waals surface area contributed by atoms with Crippen LogP contribution in [-0.2, 0) is 16.6 Å². The fourth-order valence-corrected chi connectivity index (χ4v) is 2.12. The molecule has 0 spiro atoms. The molecule has 0 aliphatic heterocycles. The van der Waals surface area contributed by atoms with Crippen LogP contribution in [0.15, 0.2) is 18.3 Å². The predicted octanol–water partition coefficient (Wildman–Crippen LogP) is 0.0226. The quantitative estimate of drug-likeness (QED) is 0.746. The van der Waals surface area contributed by atoms with E-state index in [1.165, 1.54) is 0 Å². The van der Waals surface area contributed by atoms with E-state index in [0.29, 0.717) is 6.54 Å². The van der Waals surface area contributed by atoms with E-state index < -0.39 is 11.8 Å². The summed E-state index contributed by atoms with van der Waals surface area (Å²) in [4.78, 5) is 25.3. The van der Waals surface area contributed by atoms with Crippen LogP contribution in [0.5, 0.6) is 0 Å². The average molecular weight is 278 g/mol. The van der Waals surface area contributed by atoms with E-state index in [-0.39, 0.29) is 12.1 Å². The van der Waals surface area contributed by atoms with Gasteiger partial charge in [0.15, 0.2) is 0 Å². The molecule has 6 heteroatoms. The fraction of sp³-hybridized carbons (Fsp3) is 0.571. The Kier molecular flexibility index (Phi) is 4.44. The molecule has 1 saturated carbocycles. The van der Waals surface area contributed by atoms with Crippen LogP contribution in [0.1, 0.15) is 24.6 Å². The van der Waals surface area contributed by atoms with E-state index in [2.05, 4.69) is 10.6 Å². The van der Waals surface area contributed by atoms with Crippen molar-refractivity contribution in [2.45, 2.75) is 24.9 Å². The maximum Gasteiger partial charge on any atom is 0.309 e. The first-order chi connectivity index (χ1) is 9.49. The lowest BCUT2D eigenvalue weighted by molar-refractivity contribution is -0.139. The summed E-state index contributed by atoms with van der Waals surface area (Å²) in [7, 11) is 5.87. The molecule has 20 heavy (non-hydrogen) atoms. The van der Waals surface area contributed by atoms with Gasteiger partial charge in [-0.05, 0) is 39.1 Å². The Balaban J connectivity index is 1.90. The molecule has 1 fully saturated rings. The zero-order chi connectivity index (χ0) is 14.7. The molecule has 1 aliphatic rings. The Hall–Kier alpha value is -1.82. The number of aromatic nitrogens is 1. The molecular formula is C14H22N4O2. The van der Waals surface area contributed by atoms with Crippen molar-refractivity contribution in [2.24, 2.45) is 7.05 Å². The molecule has 1 atom stereocenters. The normalized spacial score (nSPS) is 16.0. The number of nitrogens with zero attached hydrogens (tertiary/aromatic N) is 2. The summed E-state index contributed by atoms with van der Waals surface area (Å²) in [6.45, 7) is 0.405. The zero-order valence-corrected chi connectivity index (χ0v) is 12.2. The number of nitrogens with one attached hydrogen (secondary N) is 2. The summed E-state index contributed by atoms with van der Waals surface area (Å²) in [6, 6.07) is 4.22. The van der Waals surface area contributed by atoms with Crippen molar-refractivity contribution in [1.82, 2.24) is 20.1 Å². The van der Waals surface area contributed by atoms with Gasteiger partial charge in [0, 0.05) is 31.5 Å². The van der Waals surface area contributed by atoms with E-state index in [0.717, 1.165) is 18.5 Å². The summed E-state index contributed by atoms with van der Waals surface area (Å²) in [5.41, 5.74) is 1.10. The Labute approximate surface area is 119 Å². The van der Waals surface area contributed by atoms with Crippen LogP contribution in [0.2, 0.25) is 0 Å². The molecule has 1 aromatic rings. The van der Waals surface area contributed by atoms with Crippen molar-refractivity contribution in [3.05, 3.63) is 24.0 Å². The SMILES string of the molecule is CN(C)C(CNC(=O)C(=O)NC1CC1)c1cccn1C. The highest BCUT2D eigenvalue weighted by Crippen LogP contribution is 2.19. The van der Waals surface area contributed by atoms with Gasteiger partial charge in [-0.3, -0.25) is 14.5 Å². The van der Waals surface area contributed by atoms with Crippen molar-refractivity contribution in [3.63, 3.8) is 0 Å². The van der Waals surface area contributed by atoms with Crippen LogP contribution in [0, 0.1) is 0 Å². The minimum Gasteiger partial charge on any atom is -0.353 e. The third kappa shape index (κ3) is 3.60. The number of likely N-dealkylation sites (N-methyl/N-ethyl adjacent to an activating group) is 1. The monoisotopic (exact) mass is 278 g/mol. The highest BCUT2D eigenvalue weighted by Gasteiger charge is 2.27. The van der Waals surface area contributed by atoms with E-state index in [9.17, 15) is 9.59 Å². The maximum atomic E-state index is 11.7. The van der Waals surface area contributed by atoms with Crippen LogP contribution in [0.3, 0.4) is 0 Å². The fourth-order valence-electron chi connectivity index (χ4n) is 2.12. The van der Waals surface area contributed by atoms with Gasteiger partial charge in [0.25, 0.3) is 0 Å². The van der Waals surface area contributed by atoms with Gasteiger partial charge in [-0.15, -0.1) is 0 Å². The largest absolute Gasteiger partial charge is 0.353 e. The predicted molar refractivity (Wildman–Crippen MR) is 76.0 cm³/mol. The second kappa shape index (κ2) is 6.09. The van der Waals surface area contributed by atoms with E-state index >= 15 is 0 Å². The van der Waals surface area contributed by atoms with E-state index in [1.54, 1.807) is 0 Å². The average Bonchev–Trinajstić information content (AvgIpc) is 3.10. The molecule has 1 aliphatic carbocycles. The third-order valence-electron chi connectivity index (χ3n) is 3.52. The van der Waals surface area contributed by atoms with Gasteiger partial charge >= 0.3 is 11.8 Å². The Morgan fingerprint density at radius 3 is 2.60 bits per heavy atom. The number of carbonyl (C=O) groups is 2. The van der Waals surface area contributed by atoms with Gasteiger partial charge in [-0.2, -0.15) is 0 Å². The highest BCUT2D eigenvalue weighted by atomic mass is 16.2. The number of aryl methyl sites for hydroxylation is 1. The molecular weight excluding hydrogens is 256 g/mol. The standard InChI is InChI=1S/C14H22N4O2/c1-17(2)12(11-5-4-8-18(11)3)9-15-13(19)14(20)16-10-6-7-10/h4-5,8,10,12H,6-7,9H2,1-3H3,(H,15,19)(H,16,20). The molecule has 110 valence electrons. The van der Waals surface area contributed by atoms with E-state index in [4.69, 9.17) is 0 Å². The molecule has 2 N–H and O–H groups in total. The summed E-state index contributed by atoms with van der Waals surface area (Å²) in [5.74, 6) is -1.09. The van der Waals surface area contributed by atoms with Gasteiger partial charge in [0.2, 0.25) is 0 Å². The second-order valence-corrected chi connectivity index (χ2v) is 5.48. The zero-order valence-electron chi connectivity index (χ0n) is 12.2. The van der Waals surface area contributed by atoms with Gasteiger partial charge in [0.05, 0.1) is 6.04 Å². The lowest BCUT2D eigenvalue weighted by atomic mass is 10.2. The minimum atomic E-state index is -0.557. The van der Waals surface area contributed by atoms with Gasteiger partial charge < -0.3 is 15.2 Å². The van der Waals surface area contributed by atoms with Crippen molar-refractivity contribution >= 4 is 11.8 Å². The van der Waals surface area contributed by atoms with Gasteiger partial charge in [0.1, 0.15) is 0 Å². The number of amides is 2. The molecule has 0 bridgehead atoms. The van der Waals surface area contributed by atoms with Crippen LogP contribution in [0.4, 0.5) is 0 Å². The smallest absolute Gasteiger partial charge is 0.309 e. The van der Waals surface area contributed by atoms with Crippen LogP contribution in [-0.4, -0.2) is 48.0 Å². The van der Waals surface area contributed by atoms with Crippen molar-refractivity contribution in [1.29, 1.82) is 0 Å². The first kappa shape index (κ1) is 14.6. The molecule has 0 saturated heterocycles. The van der Waals surface area contributed by atoms with Crippen LogP contribution in [0.25, 0.3) is 0 Å². The van der Waals surface area contributed by atoms with Crippen molar-refractivity contribution < 1.29 is 9.59 Å². The lowest BCUT2D eigenvalue weighted by Crippen LogP contribution is -2.44. The molecule has 6 nitrogen and oxygen atoms in total. The Morgan fingerprint density at radius 1 is 1.40 bits per heavy atom.